The first-order chi connectivity index (χ1) is 6.34. The van der Waals surface area contributed by atoms with Gasteiger partial charge in [-0.2, -0.15) is 0 Å². The van der Waals surface area contributed by atoms with Crippen molar-refractivity contribution in [1.29, 1.82) is 0 Å². The molecule has 0 saturated carbocycles. The average Bonchev–Trinajstić information content (AvgIpc) is 2.57. The molecule has 0 aromatic carbocycles. The summed E-state index contributed by atoms with van der Waals surface area (Å²) in [6, 6.07) is 0. The lowest BCUT2D eigenvalue weighted by atomic mass is 10.2. The van der Waals surface area contributed by atoms with Gasteiger partial charge in [0.15, 0.2) is 0 Å². The smallest absolute Gasteiger partial charge is 0.0830 e. The maximum absolute atomic E-state index is 5.84. The van der Waals surface area contributed by atoms with Crippen LogP contribution in [-0.2, 0) is 4.74 Å². The van der Waals surface area contributed by atoms with Gasteiger partial charge in [-0.3, -0.25) is 0 Å². The van der Waals surface area contributed by atoms with E-state index in [-0.39, 0.29) is 0 Å². The number of ether oxygens (including phenoxy) is 1. The van der Waals surface area contributed by atoms with Crippen molar-refractivity contribution in [3.8, 4) is 0 Å². The number of hydrogen-bond donors (Lipinski definition) is 1. The van der Waals surface area contributed by atoms with Crippen molar-refractivity contribution in [2.75, 3.05) is 32.7 Å². The zero-order valence-electron chi connectivity index (χ0n) is 8.46. The van der Waals surface area contributed by atoms with Crippen LogP contribution in [0, 0.1) is 0 Å². The lowest BCUT2D eigenvalue weighted by Gasteiger charge is -2.31. The topological polar surface area (TPSA) is 24.5 Å². The predicted molar refractivity (Wildman–Crippen MR) is 52.9 cm³/mol. The van der Waals surface area contributed by atoms with Gasteiger partial charge in [0, 0.05) is 19.6 Å². The Morgan fingerprint density at radius 3 is 2.77 bits per heavy atom. The van der Waals surface area contributed by atoms with Crippen LogP contribution in [0.3, 0.4) is 0 Å². The summed E-state index contributed by atoms with van der Waals surface area (Å²) < 4.78 is 5.84. The van der Waals surface area contributed by atoms with Crippen LogP contribution >= 0.6 is 0 Å². The molecule has 13 heavy (non-hydrogen) atoms. The molecular weight excluding hydrogens is 164 g/mol. The quantitative estimate of drug-likeness (QED) is 0.675. The van der Waals surface area contributed by atoms with E-state index < -0.39 is 0 Å². The first-order valence-corrected chi connectivity index (χ1v) is 5.43. The molecule has 0 aliphatic carbocycles. The van der Waals surface area contributed by atoms with Crippen molar-refractivity contribution in [3.05, 3.63) is 0 Å². The number of nitrogens with one attached hydrogen (secondary N) is 1. The molecule has 2 aliphatic rings. The molecule has 0 spiro atoms. The Morgan fingerprint density at radius 2 is 2.08 bits per heavy atom. The fourth-order valence-corrected chi connectivity index (χ4v) is 2.23. The summed E-state index contributed by atoms with van der Waals surface area (Å²) in [4.78, 5) is 2.52. The van der Waals surface area contributed by atoms with Gasteiger partial charge >= 0.3 is 0 Å². The SMILES string of the molecule is C[C@@H]1CNC[C@@H](CN2CCCC2)O1. The molecular formula is C10H20N2O. The Balaban J connectivity index is 1.73. The van der Waals surface area contributed by atoms with Crippen molar-refractivity contribution >= 4 is 0 Å². The summed E-state index contributed by atoms with van der Waals surface area (Å²) in [6.07, 6.45) is 3.55. The molecule has 2 aliphatic heterocycles. The van der Waals surface area contributed by atoms with Gasteiger partial charge in [0.25, 0.3) is 0 Å². The molecule has 0 amide bonds. The van der Waals surface area contributed by atoms with Crippen molar-refractivity contribution < 1.29 is 4.74 Å². The molecule has 2 saturated heterocycles. The van der Waals surface area contributed by atoms with Crippen LogP contribution in [-0.4, -0.2) is 49.8 Å². The van der Waals surface area contributed by atoms with Gasteiger partial charge < -0.3 is 15.0 Å². The largest absolute Gasteiger partial charge is 0.371 e. The van der Waals surface area contributed by atoms with Gasteiger partial charge in [-0.1, -0.05) is 0 Å². The van der Waals surface area contributed by atoms with Crippen LogP contribution in [0.5, 0.6) is 0 Å². The molecule has 76 valence electrons. The molecule has 2 atom stereocenters. The third kappa shape index (κ3) is 2.66. The second kappa shape index (κ2) is 4.40. The van der Waals surface area contributed by atoms with Crippen LogP contribution < -0.4 is 5.32 Å². The predicted octanol–water partition coefficient (Wildman–Crippen LogP) is 0.459. The van der Waals surface area contributed by atoms with E-state index in [1.807, 2.05) is 0 Å². The van der Waals surface area contributed by atoms with E-state index >= 15 is 0 Å². The molecule has 3 nitrogen and oxygen atoms in total. The van der Waals surface area contributed by atoms with Crippen LogP contribution in [0.2, 0.25) is 0 Å². The Labute approximate surface area is 80.4 Å². The van der Waals surface area contributed by atoms with Gasteiger partial charge in [0.05, 0.1) is 12.2 Å². The Morgan fingerprint density at radius 1 is 1.31 bits per heavy atom. The highest BCUT2D eigenvalue weighted by molar-refractivity contribution is 4.77. The first-order valence-electron chi connectivity index (χ1n) is 5.43. The highest BCUT2D eigenvalue weighted by atomic mass is 16.5. The third-order valence-corrected chi connectivity index (χ3v) is 2.89. The van der Waals surface area contributed by atoms with Gasteiger partial charge in [-0.05, 0) is 32.9 Å². The van der Waals surface area contributed by atoms with E-state index in [4.69, 9.17) is 4.74 Å². The average molecular weight is 184 g/mol. The van der Waals surface area contributed by atoms with E-state index in [0.717, 1.165) is 19.6 Å². The first kappa shape index (κ1) is 9.44. The monoisotopic (exact) mass is 184 g/mol. The van der Waals surface area contributed by atoms with E-state index in [2.05, 4.69) is 17.1 Å². The maximum Gasteiger partial charge on any atom is 0.0830 e. The molecule has 2 fully saturated rings. The molecule has 2 rings (SSSR count). The van der Waals surface area contributed by atoms with E-state index in [1.165, 1.54) is 25.9 Å². The minimum absolute atomic E-state index is 0.390. The molecule has 0 unspecified atom stereocenters. The van der Waals surface area contributed by atoms with Crippen LogP contribution in [0.15, 0.2) is 0 Å². The fraction of sp³-hybridized carbons (Fsp3) is 1.00. The standard InChI is InChI=1S/C10H20N2O/c1-9-6-11-7-10(13-9)8-12-4-2-3-5-12/h9-11H,2-8H2,1H3/t9-,10+/m1/s1. The number of rotatable bonds is 2. The molecule has 0 aromatic heterocycles. The van der Waals surface area contributed by atoms with E-state index in [1.54, 1.807) is 0 Å². The van der Waals surface area contributed by atoms with Crippen molar-refractivity contribution in [3.63, 3.8) is 0 Å². The van der Waals surface area contributed by atoms with Gasteiger partial charge in [-0.25, -0.2) is 0 Å². The van der Waals surface area contributed by atoms with E-state index in [9.17, 15) is 0 Å². The summed E-state index contributed by atoms with van der Waals surface area (Å²) in [5.74, 6) is 0. The lowest BCUT2D eigenvalue weighted by Crippen LogP contribution is -2.48. The lowest BCUT2D eigenvalue weighted by molar-refractivity contribution is -0.0397. The molecule has 0 bridgehead atoms. The summed E-state index contributed by atoms with van der Waals surface area (Å²) >= 11 is 0. The van der Waals surface area contributed by atoms with Gasteiger partial charge in [0.1, 0.15) is 0 Å². The second-order valence-electron chi connectivity index (χ2n) is 4.23. The minimum atomic E-state index is 0.390. The highest BCUT2D eigenvalue weighted by Gasteiger charge is 2.22. The van der Waals surface area contributed by atoms with Crippen molar-refractivity contribution in [2.24, 2.45) is 0 Å². The number of hydrogen-bond acceptors (Lipinski definition) is 3. The Kier molecular flexibility index (Phi) is 3.19. The summed E-state index contributed by atoms with van der Waals surface area (Å²) in [5.41, 5.74) is 0. The van der Waals surface area contributed by atoms with E-state index in [0.29, 0.717) is 12.2 Å². The van der Waals surface area contributed by atoms with Gasteiger partial charge in [0.2, 0.25) is 0 Å². The molecule has 3 heteroatoms. The van der Waals surface area contributed by atoms with Crippen LogP contribution in [0.4, 0.5) is 0 Å². The van der Waals surface area contributed by atoms with Crippen LogP contribution in [0.25, 0.3) is 0 Å². The zero-order valence-corrected chi connectivity index (χ0v) is 8.46. The summed E-state index contributed by atoms with van der Waals surface area (Å²) in [7, 11) is 0. The molecule has 0 radical (unpaired) electrons. The van der Waals surface area contributed by atoms with Crippen LogP contribution in [0.1, 0.15) is 19.8 Å². The minimum Gasteiger partial charge on any atom is -0.371 e. The van der Waals surface area contributed by atoms with Gasteiger partial charge in [-0.15, -0.1) is 0 Å². The number of likely N-dealkylation sites (tertiary alicyclic amines) is 1. The summed E-state index contributed by atoms with van der Waals surface area (Å²) in [6.45, 7) is 7.85. The van der Waals surface area contributed by atoms with Crippen molar-refractivity contribution in [1.82, 2.24) is 10.2 Å². The number of morpholine rings is 1. The number of nitrogens with zero attached hydrogens (tertiary/aromatic N) is 1. The van der Waals surface area contributed by atoms with Crippen molar-refractivity contribution in [2.45, 2.75) is 32.0 Å². The molecule has 2 heterocycles. The normalized spacial score (nSPS) is 36.7. The molecule has 0 aromatic rings. The zero-order chi connectivity index (χ0) is 9.10. The second-order valence-corrected chi connectivity index (χ2v) is 4.23. The third-order valence-electron chi connectivity index (χ3n) is 2.89. The Hall–Kier alpha value is -0.120. The summed E-state index contributed by atoms with van der Waals surface area (Å²) in [5, 5.41) is 3.41. The molecule has 1 N–H and O–H groups in total. The Bertz CT molecular complexity index is 157. The maximum atomic E-state index is 5.84. The highest BCUT2D eigenvalue weighted by Crippen LogP contribution is 2.11. The fourth-order valence-electron chi connectivity index (χ4n) is 2.23.